The molecule has 0 aliphatic heterocycles. The van der Waals surface area contributed by atoms with Gasteiger partial charge in [0.05, 0.1) is 10.6 Å². The molecular weight excluding hydrogens is 287 g/mol. The van der Waals surface area contributed by atoms with Crippen LogP contribution in [0.5, 0.6) is 0 Å². The third-order valence-electron chi connectivity index (χ3n) is 3.94. The molecule has 2 aromatic carbocycles. The van der Waals surface area contributed by atoms with Gasteiger partial charge in [0.15, 0.2) is 0 Å². The van der Waals surface area contributed by atoms with Crippen molar-refractivity contribution >= 4 is 17.3 Å². The van der Waals surface area contributed by atoms with Crippen LogP contribution in [0.25, 0.3) is 0 Å². The minimum Gasteiger partial charge on any atom is -0.382 e. The fraction of sp³-hybridized carbons (Fsp3) is 0.235. The molecule has 0 spiro atoms. The maximum absolute atomic E-state index is 12.9. The van der Waals surface area contributed by atoms with E-state index in [0.717, 1.165) is 18.5 Å². The first-order valence-electron chi connectivity index (χ1n) is 6.87. The summed E-state index contributed by atoms with van der Waals surface area (Å²) in [4.78, 5) is 0. The molecule has 0 radical (unpaired) electrons. The number of rotatable bonds is 3. The van der Waals surface area contributed by atoms with Gasteiger partial charge in [0.1, 0.15) is 11.9 Å². The van der Waals surface area contributed by atoms with E-state index >= 15 is 0 Å². The van der Waals surface area contributed by atoms with E-state index in [1.54, 1.807) is 12.1 Å². The Labute approximate surface area is 128 Å². The summed E-state index contributed by atoms with van der Waals surface area (Å²) in [7, 11) is 0. The van der Waals surface area contributed by atoms with Gasteiger partial charge in [0.2, 0.25) is 0 Å². The topological polar surface area (TPSA) is 35.8 Å². The average Bonchev–Trinajstić information content (AvgIpc) is 2.44. The van der Waals surface area contributed by atoms with Gasteiger partial charge in [-0.25, -0.2) is 4.39 Å². The van der Waals surface area contributed by atoms with E-state index in [4.69, 9.17) is 16.9 Å². The third-order valence-corrected chi connectivity index (χ3v) is 4.25. The number of nitriles is 1. The van der Waals surface area contributed by atoms with Gasteiger partial charge in [-0.15, -0.1) is 0 Å². The van der Waals surface area contributed by atoms with E-state index in [1.807, 2.05) is 24.3 Å². The Bertz CT molecular complexity index is 685. The highest BCUT2D eigenvalue weighted by Gasteiger charge is 2.30. The lowest BCUT2D eigenvalue weighted by atomic mass is 9.76. The second-order valence-electron chi connectivity index (χ2n) is 5.37. The van der Waals surface area contributed by atoms with Crippen LogP contribution in [0.2, 0.25) is 5.02 Å². The summed E-state index contributed by atoms with van der Waals surface area (Å²) in [6.45, 7) is 0. The molecule has 2 aromatic rings. The number of benzene rings is 2. The van der Waals surface area contributed by atoms with Gasteiger partial charge in [0, 0.05) is 11.7 Å². The Balaban J connectivity index is 1.59. The summed E-state index contributed by atoms with van der Waals surface area (Å²) >= 11 is 6.02. The van der Waals surface area contributed by atoms with Crippen LogP contribution < -0.4 is 5.32 Å². The third kappa shape index (κ3) is 3.01. The van der Waals surface area contributed by atoms with Crippen LogP contribution in [0.1, 0.15) is 29.9 Å². The Kier molecular flexibility index (Phi) is 3.81. The van der Waals surface area contributed by atoms with Crippen LogP contribution in [0.3, 0.4) is 0 Å². The Hall–Kier alpha value is -2.05. The summed E-state index contributed by atoms with van der Waals surface area (Å²) in [5, 5.41) is 12.7. The molecule has 106 valence electrons. The lowest BCUT2D eigenvalue weighted by molar-refractivity contribution is 0.374. The number of nitrogens with zero attached hydrogens (tertiary/aromatic N) is 1. The molecule has 0 atom stereocenters. The Morgan fingerprint density at radius 3 is 2.48 bits per heavy atom. The minimum atomic E-state index is -0.194. The predicted octanol–water partition coefficient (Wildman–Crippen LogP) is 4.71. The van der Waals surface area contributed by atoms with Crippen molar-refractivity contribution in [3.8, 4) is 6.07 Å². The van der Waals surface area contributed by atoms with Crippen molar-refractivity contribution in [1.82, 2.24) is 0 Å². The SMILES string of the molecule is N#Cc1ccc(NC2CC(c3ccc(F)cc3)C2)cc1Cl. The van der Waals surface area contributed by atoms with Crippen molar-refractivity contribution in [2.45, 2.75) is 24.8 Å². The fourth-order valence-electron chi connectivity index (χ4n) is 2.67. The van der Waals surface area contributed by atoms with Crippen LogP contribution >= 0.6 is 11.6 Å². The standard InChI is InChI=1S/C17H14ClFN2/c18-17-9-15(6-3-12(17)10-20)21-16-7-13(8-16)11-1-4-14(19)5-2-11/h1-6,9,13,16,21H,7-8H2. The molecule has 0 saturated heterocycles. The van der Waals surface area contributed by atoms with Crippen molar-refractivity contribution in [2.75, 3.05) is 5.32 Å². The smallest absolute Gasteiger partial charge is 0.123 e. The summed E-state index contributed by atoms with van der Waals surface area (Å²) in [5.41, 5.74) is 2.61. The van der Waals surface area contributed by atoms with Crippen molar-refractivity contribution in [3.05, 3.63) is 64.4 Å². The largest absolute Gasteiger partial charge is 0.382 e. The quantitative estimate of drug-likeness (QED) is 0.891. The van der Waals surface area contributed by atoms with Gasteiger partial charge in [-0.1, -0.05) is 23.7 Å². The highest BCUT2D eigenvalue weighted by molar-refractivity contribution is 6.32. The molecule has 0 unspecified atom stereocenters. The maximum Gasteiger partial charge on any atom is 0.123 e. The zero-order valence-electron chi connectivity index (χ0n) is 11.3. The average molecular weight is 301 g/mol. The molecule has 3 rings (SSSR count). The second-order valence-corrected chi connectivity index (χ2v) is 5.77. The number of halogens is 2. The summed E-state index contributed by atoms with van der Waals surface area (Å²) in [6.07, 6.45) is 2.03. The first-order chi connectivity index (χ1) is 10.2. The van der Waals surface area contributed by atoms with Gasteiger partial charge in [-0.3, -0.25) is 0 Å². The van der Waals surface area contributed by atoms with Crippen molar-refractivity contribution < 1.29 is 4.39 Å². The van der Waals surface area contributed by atoms with Crippen LogP contribution in [0.4, 0.5) is 10.1 Å². The van der Waals surface area contributed by atoms with Gasteiger partial charge in [0.25, 0.3) is 0 Å². The molecule has 2 nitrogen and oxygen atoms in total. The maximum atomic E-state index is 12.9. The van der Waals surface area contributed by atoms with E-state index in [2.05, 4.69) is 5.32 Å². The van der Waals surface area contributed by atoms with Gasteiger partial charge in [-0.2, -0.15) is 5.26 Å². The highest BCUT2D eigenvalue weighted by atomic mass is 35.5. The Morgan fingerprint density at radius 2 is 1.86 bits per heavy atom. The van der Waals surface area contributed by atoms with E-state index in [0.29, 0.717) is 22.5 Å². The molecule has 1 fully saturated rings. The summed E-state index contributed by atoms with van der Waals surface area (Å²) in [5.74, 6) is 0.289. The van der Waals surface area contributed by atoms with Crippen molar-refractivity contribution in [2.24, 2.45) is 0 Å². The first-order valence-corrected chi connectivity index (χ1v) is 7.25. The molecule has 1 saturated carbocycles. The lowest BCUT2D eigenvalue weighted by Crippen LogP contribution is -2.33. The fourth-order valence-corrected chi connectivity index (χ4v) is 2.90. The molecule has 1 aliphatic rings. The van der Waals surface area contributed by atoms with Crippen molar-refractivity contribution in [1.29, 1.82) is 5.26 Å². The molecule has 0 bridgehead atoms. The molecular formula is C17H14ClFN2. The number of anilines is 1. The van der Waals surface area contributed by atoms with Gasteiger partial charge in [-0.05, 0) is 54.7 Å². The van der Waals surface area contributed by atoms with E-state index in [9.17, 15) is 4.39 Å². The van der Waals surface area contributed by atoms with Gasteiger partial charge >= 0.3 is 0 Å². The van der Waals surface area contributed by atoms with Crippen molar-refractivity contribution in [3.63, 3.8) is 0 Å². The zero-order chi connectivity index (χ0) is 14.8. The monoisotopic (exact) mass is 300 g/mol. The molecule has 4 heteroatoms. The second kappa shape index (κ2) is 5.75. The van der Waals surface area contributed by atoms with Crippen LogP contribution in [-0.4, -0.2) is 6.04 Å². The Morgan fingerprint density at radius 1 is 1.14 bits per heavy atom. The molecule has 0 aromatic heterocycles. The first kappa shape index (κ1) is 13.9. The molecule has 21 heavy (non-hydrogen) atoms. The van der Waals surface area contributed by atoms with E-state index in [1.165, 1.54) is 17.7 Å². The minimum absolute atomic E-state index is 0.194. The number of nitrogens with one attached hydrogen (secondary N) is 1. The van der Waals surface area contributed by atoms with Gasteiger partial charge < -0.3 is 5.32 Å². The van der Waals surface area contributed by atoms with E-state index in [-0.39, 0.29) is 5.82 Å². The normalized spacial score (nSPS) is 20.4. The number of hydrogen-bond acceptors (Lipinski definition) is 2. The van der Waals surface area contributed by atoms with Crippen LogP contribution in [-0.2, 0) is 0 Å². The zero-order valence-corrected chi connectivity index (χ0v) is 12.1. The summed E-state index contributed by atoms with van der Waals surface area (Å²) in [6, 6.07) is 14.5. The predicted molar refractivity (Wildman–Crippen MR) is 82.0 cm³/mol. The highest BCUT2D eigenvalue weighted by Crippen LogP contribution is 2.38. The molecule has 0 amide bonds. The van der Waals surface area contributed by atoms with Crippen LogP contribution in [0, 0.1) is 17.1 Å². The summed E-state index contributed by atoms with van der Waals surface area (Å²) < 4.78 is 12.9. The lowest BCUT2D eigenvalue weighted by Gasteiger charge is -2.37. The molecule has 1 aliphatic carbocycles. The van der Waals surface area contributed by atoms with Crippen LogP contribution in [0.15, 0.2) is 42.5 Å². The number of hydrogen-bond donors (Lipinski definition) is 1. The molecule has 1 N–H and O–H groups in total. The van der Waals surface area contributed by atoms with E-state index < -0.39 is 0 Å². The molecule has 0 heterocycles.